The summed E-state index contributed by atoms with van der Waals surface area (Å²) in [5.74, 6) is 0.127. The van der Waals surface area contributed by atoms with Gasteiger partial charge in [0.05, 0.1) is 5.69 Å². The molecule has 0 spiro atoms. The van der Waals surface area contributed by atoms with Crippen molar-refractivity contribution in [1.82, 2.24) is 30.0 Å². The third-order valence-electron chi connectivity index (χ3n) is 6.23. The molecule has 0 radical (unpaired) electrons. The van der Waals surface area contributed by atoms with Gasteiger partial charge in [0.1, 0.15) is 49.2 Å². The zero-order valence-corrected chi connectivity index (χ0v) is 23.9. The molecule has 1 N–H and O–H groups in total. The Bertz CT molecular complexity index is 1830. The number of hydrogen-bond acceptors (Lipinski definition) is 9. The van der Waals surface area contributed by atoms with Crippen LogP contribution >= 0.6 is 50.5 Å². The van der Waals surface area contributed by atoms with Gasteiger partial charge in [0.15, 0.2) is 0 Å². The number of phenolic OH excluding ortho intramolecular Hbond substituents is 1. The molecule has 0 bridgehead atoms. The Hall–Kier alpha value is -2.99. The molecular formula is C25H20B2N6OS4. The average Bonchev–Trinajstić information content (AvgIpc) is 3.45. The molecule has 6 aromatic rings. The van der Waals surface area contributed by atoms with E-state index in [1.54, 1.807) is 4.80 Å². The predicted molar refractivity (Wildman–Crippen MR) is 168 cm³/mol. The van der Waals surface area contributed by atoms with Crippen LogP contribution in [0.2, 0.25) is 0 Å². The molecule has 0 aliphatic rings. The molecule has 2 heterocycles. The van der Waals surface area contributed by atoms with Crippen molar-refractivity contribution in [3.8, 4) is 17.1 Å². The smallest absolute Gasteiger partial charge is 0.146 e. The highest BCUT2D eigenvalue weighted by molar-refractivity contribution is 7.84. The van der Waals surface area contributed by atoms with Crippen LogP contribution in [0.4, 0.5) is 0 Å². The fourth-order valence-corrected chi connectivity index (χ4v) is 5.25. The van der Waals surface area contributed by atoms with Gasteiger partial charge in [-0.15, -0.1) is 75.7 Å². The first-order chi connectivity index (χ1) is 18.1. The molecule has 13 heteroatoms. The van der Waals surface area contributed by atoms with Crippen LogP contribution in [-0.4, -0.2) is 50.8 Å². The Balaban J connectivity index is 1.39. The number of hydrogen-bond donors (Lipinski definition) is 5. The van der Waals surface area contributed by atoms with Gasteiger partial charge in [-0.25, -0.2) is 0 Å². The van der Waals surface area contributed by atoms with Crippen molar-refractivity contribution in [1.29, 1.82) is 0 Å². The fraction of sp³-hybridized carbons (Fsp3) is 0.0400. The molecule has 2 aromatic heterocycles. The Morgan fingerprint density at radius 3 is 1.61 bits per heavy atom. The minimum Gasteiger partial charge on any atom is -0.505 e. The van der Waals surface area contributed by atoms with E-state index in [0.29, 0.717) is 32.9 Å². The molecule has 0 aliphatic heterocycles. The van der Waals surface area contributed by atoms with Crippen molar-refractivity contribution >= 4 is 99.2 Å². The van der Waals surface area contributed by atoms with Gasteiger partial charge in [-0.2, -0.15) is 4.80 Å². The van der Waals surface area contributed by atoms with Gasteiger partial charge < -0.3 is 5.11 Å². The number of phenols is 1. The van der Waals surface area contributed by atoms with Gasteiger partial charge in [0.25, 0.3) is 0 Å². The largest absolute Gasteiger partial charge is 0.505 e. The van der Waals surface area contributed by atoms with Crippen LogP contribution in [0.15, 0.2) is 74.2 Å². The lowest BCUT2D eigenvalue weighted by molar-refractivity contribution is 0.462. The number of rotatable bonds is 4. The molecule has 0 amide bonds. The summed E-state index contributed by atoms with van der Waals surface area (Å²) in [5.41, 5.74) is 7.98. The highest BCUT2D eigenvalue weighted by Crippen LogP contribution is 2.29. The van der Waals surface area contributed by atoms with Crippen LogP contribution in [0.3, 0.4) is 0 Å². The first-order valence-corrected chi connectivity index (χ1v) is 13.5. The highest BCUT2D eigenvalue weighted by atomic mass is 32.1. The Morgan fingerprint density at radius 1 is 0.605 bits per heavy atom. The van der Waals surface area contributed by atoms with Crippen molar-refractivity contribution in [3.05, 3.63) is 65.7 Å². The van der Waals surface area contributed by atoms with Gasteiger partial charge in [-0.1, -0.05) is 23.1 Å². The highest BCUT2D eigenvalue weighted by Gasteiger charge is 2.16. The lowest BCUT2D eigenvalue weighted by Gasteiger charge is -2.12. The van der Waals surface area contributed by atoms with Crippen molar-refractivity contribution in [2.24, 2.45) is 0 Å². The van der Waals surface area contributed by atoms with Crippen molar-refractivity contribution < 1.29 is 5.11 Å². The fourth-order valence-electron chi connectivity index (χ4n) is 4.50. The normalized spacial score (nSPS) is 11.6. The third-order valence-corrected chi connectivity index (χ3v) is 8.06. The van der Waals surface area contributed by atoms with Gasteiger partial charge in [0.2, 0.25) is 0 Å². The summed E-state index contributed by atoms with van der Waals surface area (Å²) in [7, 11) is 4.01. The molecule has 0 unspecified atom stereocenters. The first-order valence-electron chi connectivity index (χ1n) is 11.7. The monoisotopic (exact) mass is 570 g/mol. The lowest BCUT2D eigenvalue weighted by Crippen LogP contribution is -2.12. The van der Waals surface area contributed by atoms with Gasteiger partial charge in [0, 0.05) is 31.6 Å². The summed E-state index contributed by atoms with van der Waals surface area (Å²) >= 11 is 17.7. The first kappa shape index (κ1) is 25.3. The summed E-state index contributed by atoms with van der Waals surface area (Å²) in [6.07, 6.45) is 0.500. The molecule has 38 heavy (non-hydrogen) atoms. The third kappa shape index (κ3) is 4.68. The van der Waals surface area contributed by atoms with E-state index in [9.17, 15) is 5.11 Å². The van der Waals surface area contributed by atoms with Crippen LogP contribution in [0.25, 0.3) is 33.4 Å². The number of benzene rings is 4. The summed E-state index contributed by atoms with van der Waals surface area (Å²) in [5, 5.41) is 29.7. The molecule has 4 aromatic carbocycles. The second-order valence-corrected chi connectivity index (χ2v) is 11.2. The topological polar surface area (TPSA) is 81.6 Å². The molecule has 0 atom stereocenters. The molecule has 0 saturated carbocycles. The van der Waals surface area contributed by atoms with Gasteiger partial charge in [-0.05, 0) is 48.0 Å². The van der Waals surface area contributed by atoms with E-state index in [2.05, 4.69) is 77.0 Å². The second kappa shape index (κ2) is 9.64. The number of thiol groups is 4. The maximum atomic E-state index is 11.3. The van der Waals surface area contributed by atoms with E-state index in [1.807, 2.05) is 64.2 Å². The Kier molecular flexibility index (Phi) is 6.42. The molecule has 0 aliphatic carbocycles. The number of fused-ring (bicyclic) bond motifs is 2. The summed E-state index contributed by atoms with van der Waals surface area (Å²) < 4.78 is 0. The Morgan fingerprint density at radius 2 is 1.08 bits per heavy atom. The van der Waals surface area contributed by atoms with Gasteiger partial charge >= 0.3 is 0 Å². The molecule has 186 valence electrons. The molecule has 7 nitrogen and oxygen atoms in total. The SMILES string of the molecule is Bc1cc(Cc2cc(B)cc(-n3nc4cc(S)c(S)cc4n3)c2O)cc(-n2nc3cc(S)c(S)cc3n2)c1. The van der Waals surface area contributed by atoms with E-state index >= 15 is 0 Å². The van der Waals surface area contributed by atoms with Crippen molar-refractivity contribution in [3.63, 3.8) is 0 Å². The van der Waals surface area contributed by atoms with E-state index in [1.165, 1.54) is 4.80 Å². The van der Waals surface area contributed by atoms with Crippen LogP contribution in [-0.2, 0) is 6.42 Å². The maximum absolute atomic E-state index is 11.3. The van der Waals surface area contributed by atoms with Crippen LogP contribution in [0.1, 0.15) is 11.1 Å². The second-order valence-electron chi connectivity index (χ2n) is 9.28. The molecule has 0 saturated heterocycles. The van der Waals surface area contributed by atoms with Crippen molar-refractivity contribution in [2.45, 2.75) is 26.0 Å². The predicted octanol–water partition coefficient (Wildman–Crippen LogP) is 2.12. The van der Waals surface area contributed by atoms with Crippen LogP contribution in [0, 0.1) is 0 Å². The minimum absolute atomic E-state index is 0.127. The minimum atomic E-state index is 0.127. The number of aromatic hydroxyl groups is 1. The van der Waals surface area contributed by atoms with E-state index in [-0.39, 0.29) is 5.75 Å². The summed E-state index contributed by atoms with van der Waals surface area (Å²) in [6, 6.07) is 17.3. The molecule has 0 fully saturated rings. The zero-order valence-electron chi connectivity index (χ0n) is 20.3. The maximum Gasteiger partial charge on any atom is 0.146 e. The molecular weight excluding hydrogens is 550 g/mol. The number of nitrogens with zero attached hydrogens (tertiary/aromatic N) is 6. The lowest BCUT2D eigenvalue weighted by atomic mass is 9.89. The summed E-state index contributed by atoms with van der Waals surface area (Å²) in [4.78, 5) is 6.01. The number of aromatic nitrogens is 6. The van der Waals surface area contributed by atoms with Crippen molar-refractivity contribution in [2.75, 3.05) is 0 Å². The quantitative estimate of drug-likeness (QED) is 0.166. The van der Waals surface area contributed by atoms with Crippen LogP contribution in [0.5, 0.6) is 5.75 Å². The zero-order chi connectivity index (χ0) is 26.7. The van der Waals surface area contributed by atoms with E-state index < -0.39 is 0 Å². The average molecular weight is 570 g/mol. The standard InChI is InChI=1S/C25H20B2N6OS4/c26-13-2-11(3-15(5-13)32-28-16-7-21(35)22(36)8-17(16)29-32)1-12-4-14(27)6-20(25(12)34)33-30-18-9-23(37)24(38)10-19(18)31-33/h2-10,34-38H,1,26-27H2. The summed E-state index contributed by atoms with van der Waals surface area (Å²) in [6.45, 7) is 0. The van der Waals surface area contributed by atoms with Gasteiger partial charge in [-0.3, -0.25) is 0 Å². The van der Waals surface area contributed by atoms with E-state index in [0.717, 1.165) is 48.6 Å². The van der Waals surface area contributed by atoms with Crippen LogP contribution < -0.4 is 10.9 Å². The molecule has 6 rings (SSSR count). The Labute approximate surface area is 242 Å². The van der Waals surface area contributed by atoms with E-state index in [4.69, 9.17) is 0 Å².